The van der Waals surface area contributed by atoms with Gasteiger partial charge in [-0.25, -0.2) is 0 Å². The second-order valence-electron chi connectivity index (χ2n) is 1.02. The van der Waals surface area contributed by atoms with Crippen LogP contribution in [0, 0.1) is 0 Å². The van der Waals surface area contributed by atoms with Crippen LogP contribution in [0.5, 0.6) is 0 Å². The van der Waals surface area contributed by atoms with Crippen LogP contribution in [0.15, 0.2) is 0 Å². The van der Waals surface area contributed by atoms with Gasteiger partial charge in [-0.2, -0.15) is 0 Å². The molecule has 0 spiro atoms. The Kier molecular flexibility index (Phi) is 10.6. The van der Waals surface area contributed by atoms with Crippen molar-refractivity contribution in [3.05, 3.63) is 0 Å². The molecule has 0 rings (SSSR count). The van der Waals surface area contributed by atoms with E-state index in [-0.39, 0.29) is 42.8 Å². The minimum Gasteiger partial charge on any atom is -0.394 e. The molecule has 0 aromatic heterocycles. The topological polar surface area (TPSA) is 60.7 Å². The maximum Gasteiger partial charge on any atom is 0.100 e. The summed E-state index contributed by atoms with van der Waals surface area (Å²) in [5.74, 6) is 0. The standard InChI is InChI=1S/C3H8O3.Na/c4-1-3(6)2-5;/h3-6H,1-2H2;. The van der Waals surface area contributed by atoms with Crippen LogP contribution in [0.25, 0.3) is 0 Å². The summed E-state index contributed by atoms with van der Waals surface area (Å²) in [4.78, 5) is 0. The van der Waals surface area contributed by atoms with Crippen molar-refractivity contribution in [1.82, 2.24) is 0 Å². The molecule has 0 aliphatic rings. The van der Waals surface area contributed by atoms with Crippen LogP contribution >= 0.6 is 0 Å². The van der Waals surface area contributed by atoms with Crippen LogP contribution in [-0.2, 0) is 0 Å². The summed E-state index contributed by atoms with van der Waals surface area (Å²) in [6.07, 6.45) is -0.954. The molecular weight excluding hydrogens is 107 g/mol. The number of aliphatic hydroxyl groups excluding tert-OH is 3. The molecule has 0 aliphatic heterocycles. The van der Waals surface area contributed by atoms with Crippen molar-refractivity contribution in [1.29, 1.82) is 0 Å². The Labute approximate surface area is 64.3 Å². The third-order valence-electron chi connectivity index (χ3n) is 0.421. The van der Waals surface area contributed by atoms with Gasteiger partial charge in [-0.15, -0.1) is 0 Å². The average molecular weight is 115 g/mol. The molecule has 0 amide bonds. The first-order valence-electron chi connectivity index (χ1n) is 1.71. The quantitative estimate of drug-likeness (QED) is 0.363. The Morgan fingerprint density at radius 1 is 1.14 bits per heavy atom. The van der Waals surface area contributed by atoms with E-state index in [0.717, 1.165) is 0 Å². The predicted octanol–water partition coefficient (Wildman–Crippen LogP) is -2.05. The molecule has 39 valence electrons. The van der Waals surface area contributed by atoms with Gasteiger partial charge in [0.15, 0.2) is 0 Å². The van der Waals surface area contributed by atoms with Gasteiger partial charge in [-0.1, -0.05) is 0 Å². The van der Waals surface area contributed by atoms with Gasteiger partial charge in [0.1, 0.15) is 6.10 Å². The molecule has 3 N–H and O–H groups in total. The van der Waals surface area contributed by atoms with Gasteiger partial charge in [0.05, 0.1) is 13.2 Å². The molecule has 1 radical (unpaired) electrons. The fraction of sp³-hybridized carbons (Fsp3) is 1.00. The molecule has 4 heteroatoms. The molecule has 0 unspecified atom stereocenters. The molecule has 0 aromatic carbocycles. The molecule has 0 bridgehead atoms. The van der Waals surface area contributed by atoms with Gasteiger partial charge < -0.3 is 15.3 Å². The van der Waals surface area contributed by atoms with Crippen LogP contribution in [0.2, 0.25) is 0 Å². The fourth-order valence-corrected chi connectivity index (χ4v) is 0.0577. The largest absolute Gasteiger partial charge is 0.394 e. The van der Waals surface area contributed by atoms with Crippen LogP contribution in [0.1, 0.15) is 0 Å². The number of aliphatic hydroxyl groups is 3. The van der Waals surface area contributed by atoms with Gasteiger partial charge in [0, 0.05) is 29.6 Å². The van der Waals surface area contributed by atoms with E-state index in [2.05, 4.69) is 0 Å². The Morgan fingerprint density at radius 3 is 1.43 bits per heavy atom. The summed E-state index contributed by atoms with van der Waals surface area (Å²) in [7, 11) is 0. The summed E-state index contributed by atoms with van der Waals surface area (Å²) in [6.45, 7) is -0.729. The van der Waals surface area contributed by atoms with E-state index in [1.54, 1.807) is 0 Å². The van der Waals surface area contributed by atoms with Crippen LogP contribution in [-0.4, -0.2) is 64.2 Å². The smallest absolute Gasteiger partial charge is 0.100 e. The van der Waals surface area contributed by atoms with Crippen LogP contribution < -0.4 is 0 Å². The fourth-order valence-electron chi connectivity index (χ4n) is 0.0577. The number of hydrogen-bond donors (Lipinski definition) is 3. The van der Waals surface area contributed by atoms with Crippen molar-refractivity contribution in [3.8, 4) is 0 Å². The van der Waals surface area contributed by atoms with Crippen molar-refractivity contribution < 1.29 is 15.3 Å². The van der Waals surface area contributed by atoms with Gasteiger partial charge in [0.2, 0.25) is 0 Å². The Morgan fingerprint density at radius 2 is 1.43 bits per heavy atom. The minimum atomic E-state index is -0.954. The number of hydrogen-bond acceptors (Lipinski definition) is 3. The van der Waals surface area contributed by atoms with E-state index in [1.807, 2.05) is 0 Å². The van der Waals surface area contributed by atoms with Gasteiger partial charge in [-0.05, 0) is 0 Å². The summed E-state index contributed by atoms with van der Waals surface area (Å²) >= 11 is 0. The Balaban J connectivity index is 0. The maximum absolute atomic E-state index is 8.17. The first-order valence-corrected chi connectivity index (χ1v) is 1.71. The third kappa shape index (κ3) is 6.88. The second kappa shape index (κ2) is 6.88. The van der Waals surface area contributed by atoms with Crippen molar-refractivity contribution >= 4 is 29.6 Å². The van der Waals surface area contributed by atoms with E-state index in [0.29, 0.717) is 0 Å². The van der Waals surface area contributed by atoms with Crippen molar-refractivity contribution in [2.24, 2.45) is 0 Å². The molecule has 0 atom stereocenters. The molecule has 7 heavy (non-hydrogen) atoms. The Hall–Kier alpha value is 0.880. The normalized spacial score (nSPS) is 8.57. The van der Waals surface area contributed by atoms with Crippen LogP contribution in [0.3, 0.4) is 0 Å². The van der Waals surface area contributed by atoms with Crippen molar-refractivity contribution in [3.63, 3.8) is 0 Å². The van der Waals surface area contributed by atoms with E-state index in [9.17, 15) is 0 Å². The SMILES string of the molecule is OCC(O)CO.[Na]. The van der Waals surface area contributed by atoms with Crippen molar-refractivity contribution in [2.45, 2.75) is 6.10 Å². The molecule has 0 aromatic rings. The second-order valence-corrected chi connectivity index (χ2v) is 1.02. The summed E-state index contributed by atoms with van der Waals surface area (Å²) in [5, 5.41) is 24.0. The first kappa shape index (κ1) is 10.8. The molecule has 0 fully saturated rings. The zero-order valence-corrected chi connectivity index (χ0v) is 6.33. The van der Waals surface area contributed by atoms with E-state index >= 15 is 0 Å². The Bertz CT molecular complexity index is 29.4. The molecular formula is C3H8NaO3. The molecule has 0 saturated carbocycles. The first-order chi connectivity index (χ1) is 2.81. The molecule has 3 nitrogen and oxygen atoms in total. The van der Waals surface area contributed by atoms with Gasteiger partial charge in [0.25, 0.3) is 0 Å². The monoisotopic (exact) mass is 115 g/mol. The third-order valence-corrected chi connectivity index (χ3v) is 0.421. The van der Waals surface area contributed by atoms with E-state index < -0.39 is 6.10 Å². The molecule has 0 aliphatic carbocycles. The zero-order chi connectivity index (χ0) is 4.99. The molecule has 0 saturated heterocycles. The van der Waals surface area contributed by atoms with Crippen molar-refractivity contribution in [2.75, 3.05) is 13.2 Å². The summed E-state index contributed by atoms with van der Waals surface area (Å²) in [6, 6.07) is 0. The minimum absolute atomic E-state index is 0. The maximum atomic E-state index is 8.17. The summed E-state index contributed by atoms with van der Waals surface area (Å²) < 4.78 is 0. The zero-order valence-electron chi connectivity index (χ0n) is 4.33. The summed E-state index contributed by atoms with van der Waals surface area (Å²) in [5.41, 5.74) is 0. The number of rotatable bonds is 2. The van der Waals surface area contributed by atoms with Gasteiger partial charge in [-0.3, -0.25) is 0 Å². The van der Waals surface area contributed by atoms with E-state index in [1.165, 1.54) is 0 Å². The van der Waals surface area contributed by atoms with E-state index in [4.69, 9.17) is 15.3 Å². The van der Waals surface area contributed by atoms with Gasteiger partial charge >= 0.3 is 0 Å². The predicted molar refractivity (Wildman–Crippen MR) is 25.9 cm³/mol. The van der Waals surface area contributed by atoms with Crippen LogP contribution in [0.4, 0.5) is 0 Å². The average Bonchev–Trinajstić information content (AvgIpc) is 1.65. The molecule has 0 heterocycles.